The van der Waals surface area contributed by atoms with Gasteiger partial charge in [-0.15, -0.1) is 0 Å². The summed E-state index contributed by atoms with van der Waals surface area (Å²) < 4.78 is 53.7. The minimum absolute atomic E-state index is 0.113. The Morgan fingerprint density at radius 1 is 1.14 bits per heavy atom. The Hall–Kier alpha value is -3.54. The van der Waals surface area contributed by atoms with Crippen LogP contribution in [0.4, 0.5) is 29.3 Å². The van der Waals surface area contributed by atoms with Crippen LogP contribution in [0.25, 0.3) is 0 Å². The normalized spacial score (nSPS) is 16.7. The van der Waals surface area contributed by atoms with Gasteiger partial charge in [0.2, 0.25) is 0 Å². The van der Waals surface area contributed by atoms with Crippen LogP contribution in [0.5, 0.6) is 11.5 Å². The van der Waals surface area contributed by atoms with Crippen molar-refractivity contribution in [2.24, 2.45) is 0 Å². The van der Waals surface area contributed by atoms with Crippen molar-refractivity contribution in [1.82, 2.24) is 4.90 Å². The summed E-state index contributed by atoms with van der Waals surface area (Å²) in [6, 6.07) is 8.67. The number of carbonyl (C=O) groups excluding carboxylic acids is 1. The van der Waals surface area contributed by atoms with Crippen LogP contribution in [-0.2, 0) is 10.9 Å². The van der Waals surface area contributed by atoms with Crippen LogP contribution in [0.2, 0.25) is 0 Å². The number of carbonyl (C=O) groups is 1. The van der Waals surface area contributed by atoms with Gasteiger partial charge in [0.1, 0.15) is 28.4 Å². The molecule has 0 saturated carbocycles. The number of nitrogens with zero attached hydrogens (tertiary/aromatic N) is 3. The number of rotatable bonds is 5. The Bertz CT molecular complexity index is 1070. The van der Waals surface area contributed by atoms with E-state index < -0.39 is 58.1 Å². The summed E-state index contributed by atoms with van der Waals surface area (Å²) in [5, 5.41) is 21.6. The van der Waals surface area contributed by atoms with Gasteiger partial charge in [-0.1, -0.05) is 18.2 Å². The van der Waals surface area contributed by atoms with E-state index in [0.29, 0.717) is 0 Å². The van der Waals surface area contributed by atoms with E-state index in [4.69, 9.17) is 9.47 Å². The van der Waals surface area contributed by atoms with Gasteiger partial charge in [-0.3, -0.25) is 15.0 Å². The molecule has 0 unspecified atom stereocenters. The molecule has 1 aliphatic heterocycles. The molecule has 1 saturated heterocycles. The zero-order valence-corrected chi connectivity index (χ0v) is 19.4. The Morgan fingerprint density at radius 3 is 2.34 bits per heavy atom. The lowest BCUT2D eigenvalue weighted by atomic mass is 10.0. The summed E-state index contributed by atoms with van der Waals surface area (Å²) in [5.74, 6) is -0.472. The number of hydrogen-bond acceptors (Lipinski definition) is 7. The van der Waals surface area contributed by atoms with Gasteiger partial charge in [0.25, 0.3) is 5.69 Å². The molecule has 12 heteroatoms. The van der Waals surface area contributed by atoms with E-state index in [1.807, 2.05) is 0 Å². The molecule has 9 nitrogen and oxygen atoms in total. The van der Waals surface area contributed by atoms with Crippen molar-refractivity contribution in [3.05, 3.63) is 58.1 Å². The topological polar surface area (TPSA) is 105 Å². The number of ether oxygens (including phenoxy) is 2. The molecule has 0 spiro atoms. The van der Waals surface area contributed by atoms with Crippen LogP contribution >= 0.6 is 0 Å². The third-order valence-electron chi connectivity index (χ3n) is 5.21. The van der Waals surface area contributed by atoms with E-state index in [1.165, 1.54) is 17.0 Å². The van der Waals surface area contributed by atoms with Crippen molar-refractivity contribution in [3.63, 3.8) is 0 Å². The maximum Gasteiger partial charge on any atom is 0.422 e. The largest absolute Gasteiger partial charge is 0.457 e. The van der Waals surface area contributed by atoms with Crippen LogP contribution in [0.3, 0.4) is 0 Å². The molecular formula is C23H26F3N3O6. The number of piperazine rings is 1. The first-order valence-electron chi connectivity index (χ1n) is 10.8. The molecular weight excluding hydrogens is 471 g/mol. The highest BCUT2D eigenvalue weighted by Gasteiger charge is 2.44. The Balaban J connectivity index is 2.05. The highest BCUT2D eigenvalue weighted by atomic mass is 19.4. The summed E-state index contributed by atoms with van der Waals surface area (Å²) in [4.78, 5) is 25.8. The highest BCUT2D eigenvalue weighted by Crippen LogP contribution is 2.48. The molecule has 35 heavy (non-hydrogen) atoms. The van der Waals surface area contributed by atoms with Crippen molar-refractivity contribution in [3.8, 4) is 11.5 Å². The van der Waals surface area contributed by atoms with Gasteiger partial charge in [-0.25, -0.2) is 4.79 Å². The first-order valence-corrected chi connectivity index (χ1v) is 10.8. The standard InChI is InChI=1S/C23H26F3N3O6/c1-22(2,3)35-21(31)28-12-11-27(13-15(28)14-30)20-17(29(32)33)9-10-18(19(20)23(24,25)26)34-16-7-5-4-6-8-16/h4-10,15,30H,11-14H2,1-3H3/t15-/m1/s1. The van der Waals surface area contributed by atoms with E-state index in [1.54, 1.807) is 39.0 Å². The fourth-order valence-electron chi connectivity index (χ4n) is 3.78. The zero-order chi connectivity index (χ0) is 26.0. The van der Waals surface area contributed by atoms with Gasteiger partial charge in [-0.2, -0.15) is 13.2 Å². The molecule has 2 aromatic carbocycles. The molecule has 0 aromatic heterocycles. The number of alkyl halides is 3. The monoisotopic (exact) mass is 497 g/mol. The van der Waals surface area contributed by atoms with E-state index in [2.05, 4.69) is 0 Å². The second kappa shape index (κ2) is 9.98. The average molecular weight is 497 g/mol. The van der Waals surface area contributed by atoms with Crippen molar-refractivity contribution < 1.29 is 37.5 Å². The maximum absolute atomic E-state index is 14.3. The number of hydrogen-bond donors (Lipinski definition) is 1. The average Bonchev–Trinajstić information content (AvgIpc) is 2.76. The molecule has 3 rings (SSSR count). The SMILES string of the molecule is CC(C)(C)OC(=O)N1CCN(c2c([N+](=O)[O-])ccc(Oc3ccccc3)c2C(F)(F)F)C[C@@H]1CO. The summed E-state index contributed by atoms with van der Waals surface area (Å²) in [6.45, 7) is 3.84. The summed E-state index contributed by atoms with van der Waals surface area (Å²) in [5.41, 5.74) is -3.57. The van der Waals surface area contributed by atoms with Gasteiger partial charge in [0.15, 0.2) is 0 Å². The predicted molar refractivity (Wildman–Crippen MR) is 121 cm³/mol. The molecule has 1 heterocycles. The first kappa shape index (κ1) is 26.1. The number of nitro benzene ring substituents is 1. The van der Waals surface area contributed by atoms with Crippen LogP contribution in [0.15, 0.2) is 42.5 Å². The minimum Gasteiger partial charge on any atom is -0.457 e. The Morgan fingerprint density at radius 2 is 1.80 bits per heavy atom. The second-order valence-electron chi connectivity index (χ2n) is 8.93. The third-order valence-corrected chi connectivity index (χ3v) is 5.21. The molecule has 1 fully saturated rings. The smallest absolute Gasteiger partial charge is 0.422 e. The van der Waals surface area contributed by atoms with E-state index in [9.17, 15) is 33.2 Å². The van der Waals surface area contributed by atoms with E-state index in [-0.39, 0.29) is 25.4 Å². The quantitative estimate of drug-likeness (QED) is 0.466. The zero-order valence-electron chi connectivity index (χ0n) is 19.4. The number of halogens is 3. The van der Waals surface area contributed by atoms with Gasteiger partial charge in [-0.05, 0) is 39.0 Å². The maximum atomic E-state index is 14.3. The van der Waals surface area contributed by atoms with Gasteiger partial charge >= 0.3 is 12.3 Å². The Labute approximate surface area is 199 Å². The summed E-state index contributed by atoms with van der Waals surface area (Å²) >= 11 is 0. The number of aliphatic hydroxyl groups excluding tert-OH is 1. The van der Waals surface area contributed by atoms with Crippen molar-refractivity contribution in [1.29, 1.82) is 0 Å². The lowest BCUT2D eigenvalue weighted by Gasteiger charge is -2.42. The van der Waals surface area contributed by atoms with Crippen LogP contribution < -0.4 is 9.64 Å². The van der Waals surface area contributed by atoms with Crippen molar-refractivity contribution in [2.45, 2.75) is 38.6 Å². The van der Waals surface area contributed by atoms with Gasteiger partial charge in [0, 0.05) is 25.7 Å². The minimum atomic E-state index is -5.00. The lowest BCUT2D eigenvalue weighted by Crippen LogP contribution is -2.57. The number of amides is 1. The van der Waals surface area contributed by atoms with Crippen molar-refractivity contribution >= 4 is 17.5 Å². The van der Waals surface area contributed by atoms with E-state index in [0.717, 1.165) is 17.0 Å². The molecule has 1 N–H and O–H groups in total. The summed E-state index contributed by atoms with van der Waals surface area (Å²) in [7, 11) is 0. The molecule has 2 aromatic rings. The fourth-order valence-corrected chi connectivity index (χ4v) is 3.78. The number of anilines is 1. The first-order chi connectivity index (χ1) is 16.3. The molecule has 0 aliphatic carbocycles. The van der Waals surface area contributed by atoms with Crippen LogP contribution in [0.1, 0.15) is 26.3 Å². The number of nitro groups is 1. The molecule has 0 bridgehead atoms. The number of benzene rings is 2. The highest BCUT2D eigenvalue weighted by molar-refractivity contribution is 5.74. The van der Waals surface area contributed by atoms with Gasteiger partial charge < -0.3 is 19.5 Å². The lowest BCUT2D eigenvalue weighted by molar-refractivity contribution is -0.384. The summed E-state index contributed by atoms with van der Waals surface area (Å²) in [6.07, 6.45) is -5.73. The fraction of sp³-hybridized carbons (Fsp3) is 0.435. The van der Waals surface area contributed by atoms with E-state index >= 15 is 0 Å². The van der Waals surface area contributed by atoms with Crippen LogP contribution in [-0.4, -0.2) is 58.9 Å². The number of aliphatic hydroxyl groups is 1. The Kier molecular flexibility index (Phi) is 7.44. The third kappa shape index (κ3) is 6.13. The molecule has 1 atom stereocenters. The number of para-hydroxylation sites is 1. The predicted octanol–water partition coefficient (Wildman–Crippen LogP) is 4.82. The molecule has 1 aliphatic rings. The van der Waals surface area contributed by atoms with Gasteiger partial charge in [0.05, 0.1) is 17.6 Å². The molecule has 1 amide bonds. The second-order valence-corrected chi connectivity index (χ2v) is 8.93. The molecule has 190 valence electrons. The van der Waals surface area contributed by atoms with Crippen molar-refractivity contribution in [2.75, 3.05) is 31.1 Å². The van der Waals surface area contributed by atoms with Crippen LogP contribution in [0, 0.1) is 10.1 Å². The molecule has 0 radical (unpaired) electrons.